The van der Waals surface area contributed by atoms with Crippen LogP contribution in [0.2, 0.25) is 0 Å². The number of rotatable bonds is 4. The van der Waals surface area contributed by atoms with Crippen LogP contribution in [0.4, 0.5) is 8.78 Å². The van der Waals surface area contributed by atoms with Crippen molar-refractivity contribution in [1.29, 1.82) is 0 Å². The SMILES string of the molecule is CCOC1CC(NC(=O)C2CC(F)(F)CN2)C12CCCC2. The van der Waals surface area contributed by atoms with E-state index in [0.717, 1.165) is 32.1 Å². The van der Waals surface area contributed by atoms with Gasteiger partial charge in [0.25, 0.3) is 5.92 Å². The minimum Gasteiger partial charge on any atom is -0.378 e. The van der Waals surface area contributed by atoms with Gasteiger partial charge in [0, 0.05) is 24.5 Å². The first-order valence-electron chi connectivity index (χ1n) is 8.00. The van der Waals surface area contributed by atoms with E-state index in [0.29, 0.717) is 6.61 Å². The summed E-state index contributed by atoms with van der Waals surface area (Å²) < 4.78 is 32.2. The van der Waals surface area contributed by atoms with Crippen molar-refractivity contribution < 1.29 is 18.3 Å². The molecular weight excluding hydrogens is 278 g/mol. The van der Waals surface area contributed by atoms with E-state index in [-0.39, 0.29) is 23.5 Å². The number of hydrogen-bond donors (Lipinski definition) is 2. The molecule has 1 saturated heterocycles. The predicted octanol–water partition coefficient (Wildman–Crippen LogP) is 1.84. The van der Waals surface area contributed by atoms with Crippen LogP contribution in [0.3, 0.4) is 0 Å². The first kappa shape index (κ1) is 15.2. The normalized spacial score (nSPS) is 36.6. The molecule has 0 aromatic carbocycles. The Morgan fingerprint density at radius 1 is 1.38 bits per heavy atom. The number of halogens is 2. The summed E-state index contributed by atoms with van der Waals surface area (Å²) in [5.41, 5.74) is 0.0484. The lowest BCUT2D eigenvalue weighted by molar-refractivity contribution is -0.145. The smallest absolute Gasteiger partial charge is 0.262 e. The maximum atomic E-state index is 13.2. The van der Waals surface area contributed by atoms with Gasteiger partial charge in [-0.25, -0.2) is 8.78 Å². The molecule has 3 unspecified atom stereocenters. The molecule has 3 aliphatic rings. The summed E-state index contributed by atoms with van der Waals surface area (Å²) in [6.45, 7) is 2.27. The highest BCUT2D eigenvalue weighted by atomic mass is 19.3. The van der Waals surface area contributed by atoms with Gasteiger partial charge in [-0.1, -0.05) is 12.8 Å². The van der Waals surface area contributed by atoms with Gasteiger partial charge in [0.1, 0.15) is 0 Å². The maximum absolute atomic E-state index is 13.2. The molecule has 1 spiro atoms. The third kappa shape index (κ3) is 2.68. The zero-order valence-electron chi connectivity index (χ0n) is 12.5. The second-order valence-corrected chi connectivity index (χ2v) is 6.67. The van der Waals surface area contributed by atoms with Gasteiger partial charge in [-0.3, -0.25) is 10.1 Å². The highest BCUT2D eigenvalue weighted by Gasteiger charge is 2.57. The van der Waals surface area contributed by atoms with Crippen LogP contribution in [0.5, 0.6) is 0 Å². The van der Waals surface area contributed by atoms with Crippen LogP contribution in [0.25, 0.3) is 0 Å². The Balaban J connectivity index is 1.59. The second-order valence-electron chi connectivity index (χ2n) is 6.67. The Kier molecular flexibility index (Phi) is 3.94. The molecule has 3 atom stereocenters. The van der Waals surface area contributed by atoms with Crippen molar-refractivity contribution in [3.05, 3.63) is 0 Å². The number of amides is 1. The Bertz CT molecular complexity index is 410. The Morgan fingerprint density at radius 3 is 2.67 bits per heavy atom. The fourth-order valence-electron chi connectivity index (χ4n) is 4.26. The van der Waals surface area contributed by atoms with Crippen LogP contribution < -0.4 is 10.6 Å². The molecule has 2 saturated carbocycles. The van der Waals surface area contributed by atoms with E-state index in [1.54, 1.807) is 0 Å². The Labute approximate surface area is 124 Å². The van der Waals surface area contributed by atoms with Gasteiger partial charge in [-0.05, 0) is 26.2 Å². The number of alkyl halides is 2. The summed E-state index contributed by atoms with van der Waals surface area (Å²) in [4.78, 5) is 12.2. The van der Waals surface area contributed by atoms with Crippen LogP contribution >= 0.6 is 0 Å². The molecule has 0 bridgehead atoms. The number of carbonyl (C=O) groups excluding carboxylic acids is 1. The van der Waals surface area contributed by atoms with E-state index in [1.807, 2.05) is 6.92 Å². The molecule has 0 aromatic rings. The summed E-state index contributed by atoms with van der Waals surface area (Å²) in [5, 5.41) is 5.62. The molecule has 4 nitrogen and oxygen atoms in total. The molecule has 6 heteroatoms. The van der Waals surface area contributed by atoms with Crippen molar-refractivity contribution in [1.82, 2.24) is 10.6 Å². The van der Waals surface area contributed by atoms with Crippen molar-refractivity contribution >= 4 is 5.91 Å². The monoisotopic (exact) mass is 302 g/mol. The lowest BCUT2D eigenvalue weighted by Gasteiger charge is -2.54. The van der Waals surface area contributed by atoms with Gasteiger partial charge in [-0.2, -0.15) is 0 Å². The van der Waals surface area contributed by atoms with Crippen molar-refractivity contribution in [3.8, 4) is 0 Å². The van der Waals surface area contributed by atoms with Crippen LogP contribution in [-0.4, -0.2) is 43.2 Å². The van der Waals surface area contributed by atoms with Crippen molar-refractivity contribution in [3.63, 3.8) is 0 Å². The average molecular weight is 302 g/mol. The summed E-state index contributed by atoms with van der Waals surface area (Å²) in [6, 6.07) is -0.676. The van der Waals surface area contributed by atoms with Crippen LogP contribution in [-0.2, 0) is 9.53 Å². The summed E-state index contributed by atoms with van der Waals surface area (Å²) in [7, 11) is 0. The Hall–Kier alpha value is -0.750. The molecule has 3 rings (SSSR count). The van der Waals surface area contributed by atoms with E-state index in [4.69, 9.17) is 4.74 Å². The van der Waals surface area contributed by atoms with E-state index in [9.17, 15) is 13.6 Å². The number of hydrogen-bond acceptors (Lipinski definition) is 3. The number of nitrogens with one attached hydrogen (secondary N) is 2. The van der Waals surface area contributed by atoms with Crippen LogP contribution in [0, 0.1) is 5.41 Å². The lowest BCUT2D eigenvalue weighted by Crippen LogP contribution is -2.65. The molecular formula is C15H24F2N2O2. The molecule has 120 valence electrons. The summed E-state index contributed by atoms with van der Waals surface area (Å²) in [5.74, 6) is -3.04. The molecule has 2 N–H and O–H groups in total. The van der Waals surface area contributed by atoms with Crippen LogP contribution in [0.15, 0.2) is 0 Å². The molecule has 21 heavy (non-hydrogen) atoms. The lowest BCUT2D eigenvalue weighted by atomic mass is 9.60. The van der Waals surface area contributed by atoms with E-state index < -0.39 is 24.9 Å². The van der Waals surface area contributed by atoms with Gasteiger partial charge in [-0.15, -0.1) is 0 Å². The van der Waals surface area contributed by atoms with Crippen molar-refractivity contribution in [2.45, 2.75) is 69.6 Å². The third-order valence-electron chi connectivity index (χ3n) is 5.43. The largest absolute Gasteiger partial charge is 0.378 e. The van der Waals surface area contributed by atoms with Gasteiger partial charge >= 0.3 is 0 Å². The van der Waals surface area contributed by atoms with Gasteiger partial charge < -0.3 is 10.1 Å². The van der Waals surface area contributed by atoms with Crippen LogP contribution in [0.1, 0.15) is 45.4 Å². The molecule has 2 aliphatic carbocycles. The minimum atomic E-state index is -2.76. The summed E-state index contributed by atoms with van der Waals surface area (Å²) in [6.07, 6.45) is 5.09. The van der Waals surface area contributed by atoms with Gasteiger partial charge in [0.15, 0.2) is 0 Å². The first-order chi connectivity index (χ1) is 9.97. The van der Waals surface area contributed by atoms with Crippen molar-refractivity contribution in [2.24, 2.45) is 5.41 Å². The highest BCUT2D eigenvalue weighted by Crippen LogP contribution is 2.54. The highest BCUT2D eigenvalue weighted by molar-refractivity contribution is 5.82. The minimum absolute atomic E-state index is 0.0484. The zero-order valence-corrected chi connectivity index (χ0v) is 12.5. The molecule has 1 aliphatic heterocycles. The van der Waals surface area contributed by atoms with Gasteiger partial charge in [0.2, 0.25) is 5.91 Å². The quantitative estimate of drug-likeness (QED) is 0.833. The van der Waals surface area contributed by atoms with Crippen molar-refractivity contribution in [2.75, 3.05) is 13.2 Å². The van der Waals surface area contributed by atoms with E-state index >= 15 is 0 Å². The average Bonchev–Trinajstić information content (AvgIpc) is 3.05. The standard InChI is InChI=1S/C15H24F2N2O2/c1-2-21-12-7-11(14(12)5-3-4-6-14)19-13(20)10-8-15(16,17)9-18-10/h10-12,18H,2-9H2,1H3,(H,19,20). The second kappa shape index (κ2) is 5.47. The van der Waals surface area contributed by atoms with E-state index in [1.165, 1.54) is 0 Å². The molecule has 1 amide bonds. The molecule has 3 fully saturated rings. The fraction of sp³-hybridized carbons (Fsp3) is 0.933. The van der Waals surface area contributed by atoms with Gasteiger partial charge in [0.05, 0.1) is 18.7 Å². The molecule has 0 radical (unpaired) electrons. The Morgan fingerprint density at radius 2 is 2.10 bits per heavy atom. The zero-order chi connectivity index (χ0) is 15.1. The van der Waals surface area contributed by atoms with E-state index in [2.05, 4.69) is 10.6 Å². The first-order valence-corrected chi connectivity index (χ1v) is 8.00. The summed E-state index contributed by atoms with van der Waals surface area (Å²) >= 11 is 0. The number of ether oxygens (including phenoxy) is 1. The topological polar surface area (TPSA) is 50.4 Å². The molecule has 0 aromatic heterocycles. The fourth-order valence-corrected chi connectivity index (χ4v) is 4.26. The molecule has 1 heterocycles. The predicted molar refractivity (Wildman–Crippen MR) is 74.2 cm³/mol. The third-order valence-corrected chi connectivity index (χ3v) is 5.43. The maximum Gasteiger partial charge on any atom is 0.262 e. The number of carbonyl (C=O) groups is 1.